The van der Waals surface area contributed by atoms with Gasteiger partial charge in [0, 0.05) is 11.8 Å². The molecule has 4 aliphatic carbocycles. The molecule has 2 heteroatoms. The molecule has 0 aliphatic heterocycles. The molecule has 0 unspecified atom stereocenters. The Labute approximate surface area is 466 Å². The molecular formula is C78H48N2. The first-order valence-corrected chi connectivity index (χ1v) is 27.7. The van der Waals surface area contributed by atoms with Crippen molar-refractivity contribution in [1.82, 2.24) is 0 Å². The summed E-state index contributed by atoms with van der Waals surface area (Å²) in [7, 11) is 0. The lowest BCUT2D eigenvalue weighted by molar-refractivity contribution is 0.697. The number of hydrogen-bond donors (Lipinski definition) is 0. The second kappa shape index (κ2) is 17.6. The molecule has 0 amide bonds. The Bertz CT molecular complexity index is 4530. The van der Waals surface area contributed by atoms with Gasteiger partial charge < -0.3 is 0 Å². The van der Waals surface area contributed by atoms with Crippen molar-refractivity contribution in [2.45, 2.75) is 22.7 Å². The monoisotopic (exact) mass is 1010 g/mol. The van der Waals surface area contributed by atoms with Crippen molar-refractivity contribution >= 4 is 0 Å². The van der Waals surface area contributed by atoms with Gasteiger partial charge in [0.1, 0.15) is 0 Å². The quantitative estimate of drug-likeness (QED) is 0.172. The first kappa shape index (κ1) is 45.8. The summed E-state index contributed by atoms with van der Waals surface area (Å²) in [5, 5.41) is 19.8. The predicted octanol–water partition coefficient (Wildman–Crippen LogP) is 18.1. The van der Waals surface area contributed by atoms with Gasteiger partial charge in [-0.1, -0.05) is 237 Å². The minimum absolute atomic E-state index is 0.0289. The first-order chi connectivity index (χ1) is 39.6. The fourth-order valence-corrected chi connectivity index (χ4v) is 15.1. The van der Waals surface area contributed by atoms with Crippen molar-refractivity contribution in [2.75, 3.05) is 0 Å². The van der Waals surface area contributed by atoms with E-state index in [0.29, 0.717) is 11.1 Å². The molecule has 0 N–H and O–H groups in total. The highest BCUT2D eigenvalue weighted by Gasteiger charge is 2.54. The van der Waals surface area contributed by atoms with Crippen LogP contribution in [0.25, 0.3) is 55.6 Å². The molecule has 2 spiro atoms. The van der Waals surface area contributed by atoms with Gasteiger partial charge in [-0.05, 0) is 176 Å². The van der Waals surface area contributed by atoms with Gasteiger partial charge in [0.2, 0.25) is 0 Å². The summed E-state index contributed by atoms with van der Waals surface area (Å²) in [5.74, 6) is 0.0303. The third kappa shape index (κ3) is 6.28. The Balaban J connectivity index is 0.892. The normalized spacial score (nSPS) is 18.1. The van der Waals surface area contributed by atoms with Gasteiger partial charge in [-0.3, -0.25) is 0 Å². The van der Waals surface area contributed by atoms with Crippen molar-refractivity contribution in [3.05, 3.63) is 368 Å². The standard InChI is InChI=1S/C78H48N2/c79-47-49-33-35-51(36-34-49)56-41-42-72-65(44-56)58-21-4-10-27-66(58)77(72)67-28-11-5-22-59(67)75(60-23-6-12-29-68(60)77)54-39-37-52(38-40-54)64-45-57(55-20-16-17-50(43-55)48-80)46-73-76(64)63-26-9-15-32-71(63)78(73)69-30-13-7-24-61(69)74(53-18-2-1-3-19-53)62-25-8-14-31-70(62)78/h1-46,74-75H. The lowest BCUT2D eigenvalue weighted by Crippen LogP contribution is -2.36. The summed E-state index contributed by atoms with van der Waals surface area (Å²) in [6.45, 7) is 0. The van der Waals surface area contributed by atoms with Crippen LogP contribution in [0.4, 0.5) is 0 Å². The Hall–Kier alpha value is -10.4. The van der Waals surface area contributed by atoms with E-state index in [1.807, 2.05) is 30.3 Å². The molecule has 0 fully saturated rings. The van der Waals surface area contributed by atoms with Crippen LogP contribution in [0.2, 0.25) is 0 Å². The van der Waals surface area contributed by atoms with E-state index in [1.54, 1.807) is 0 Å². The molecule has 12 aromatic carbocycles. The van der Waals surface area contributed by atoms with Crippen LogP contribution in [0, 0.1) is 22.7 Å². The zero-order valence-electron chi connectivity index (χ0n) is 43.6. The van der Waals surface area contributed by atoms with E-state index in [9.17, 15) is 10.5 Å². The maximum atomic E-state index is 10.3. The average molecular weight is 1010 g/mol. The molecule has 0 bridgehead atoms. The van der Waals surface area contributed by atoms with E-state index in [-0.39, 0.29) is 11.8 Å². The molecule has 12 aromatic rings. The maximum Gasteiger partial charge on any atom is 0.0991 e. The fourth-order valence-electron chi connectivity index (χ4n) is 15.1. The van der Waals surface area contributed by atoms with Crippen molar-refractivity contribution in [1.29, 1.82) is 10.5 Å². The zero-order chi connectivity index (χ0) is 53.1. The number of nitrogens with zero attached hydrogens (tertiary/aromatic N) is 2. The summed E-state index contributed by atoms with van der Waals surface area (Å²) in [5.41, 5.74) is 29.8. The van der Waals surface area contributed by atoms with Crippen LogP contribution in [0.1, 0.15) is 101 Å². The predicted molar refractivity (Wildman–Crippen MR) is 322 cm³/mol. The van der Waals surface area contributed by atoms with Crippen LogP contribution in [-0.2, 0) is 10.8 Å². The number of hydrogen-bond acceptors (Lipinski definition) is 2. The molecule has 4 aliphatic rings. The molecule has 0 atom stereocenters. The highest BCUT2D eigenvalue weighted by Crippen LogP contribution is 2.65. The molecular weight excluding hydrogens is 965 g/mol. The molecule has 0 saturated carbocycles. The highest BCUT2D eigenvalue weighted by atomic mass is 14.6. The van der Waals surface area contributed by atoms with Crippen LogP contribution >= 0.6 is 0 Å². The van der Waals surface area contributed by atoms with Gasteiger partial charge in [-0.2, -0.15) is 10.5 Å². The minimum Gasteiger partial charge on any atom is -0.192 e. The van der Waals surface area contributed by atoms with Crippen molar-refractivity contribution in [3.8, 4) is 67.8 Å². The second-order valence-electron chi connectivity index (χ2n) is 21.9. The molecule has 0 aromatic heterocycles. The summed E-state index contributed by atoms with van der Waals surface area (Å²) < 4.78 is 0. The van der Waals surface area contributed by atoms with Crippen LogP contribution in [0.3, 0.4) is 0 Å². The van der Waals surface area contributed by atoms with Crippen molar-refractivity contribution < 1.29 is 0 Å². The molecule has 16 rings (SSSR count). The van der Waals surface area contributed by atoms with Gasteiger partial charge in [-0.25, -0.2) is 0 Å². The molecule has 80 heavy (non-hydrogen) atoms. The van der Waals surface area contributed by atoms with Crippen LogP contribution in [0.15, 0.2) is 279 Å². The van der Waals surface area contributed by atoms with E-state index in [0.717, 1.165) is 27.8 Å². The summed E-state index contributed by atoms with van der Waals surface area (Å²) in [4.78, 5) is 0. The third-order valence-corrected chi connectivity index (χ3v) is 18.3. The SMILES string of the molecule is N#Cc1ccc(-c2ccc3c(c2)-c2ccccc2C32c3ccccc3C(c3ccc(-c4cc(-c5cccc(C#N)c5)cc5c4-c4ccccc4C54c5ccccc5C(c5ccccc5)c5ccccc54)cc3)c3ccccc32)cc1. The summed E-state index contributed by atoms with van der Waals surface area (Å²) in [6, 6.07) is 108. The maximum absolute atomic E-state index is 10.3. The van der Waals surface area contributed by atoms with E-state index >= 15 is 0 Å². The number of benzene rings is 12. The van der Waals surface area contributed by atoms with Crippen molar-refractivity contribution in [3.63, 3.8) is 0 Å². The topological polar surface area (TPSA) is 47.6 Å². The summed E-state index contributed by atoms with van der Waals surface area (Å²) in [6.07, 6.45) is 0. The summed E-state index contributed by atoms with van der Waals surface area (Å²) >= 11 is 0. The molecule has 0 radical (unpaired) electrons. The Morgan fingerprint density at radius 3 is 1.27 bits per heavy atom. The second-order valence-corrected chi connectivity index (χ2v) is 21.9. The van der Waals surface area contributed by atoms with Gasteiger partial charge in [0.15, 0.2) is 0 Å². The van der Waals surface area contributed by atoms with Crippen molar-refractivity contribution in [2.24, 2.45) is 0 Å². The van der Waals surface area contributed by atoms with Gasteiger partial charge in [-0.15, -0.1) is 0 Å². The van der Waals surface area contributed by atoms with E-state index in [1.165, 1.54) is 106 Å². The van der Waals surface area contributed by atoms with E-state index in [4.69, 9.17) is 0 Å². The Kier molecular flexibility index (Phi) is 10.1. The number of fused-ring (bicyclic) bond motifs is 18. The Morgan fingerprint density at radius 1 is 0.250 bits per heavy atom. The minimum atomic E-state index is -0.629. The largest absolute Gasteiger partial charge is 0.192 e. The lowest BCUT2D eigenvalue weighted by atomic mass is 9.58. The van der Waals surface area contributed by atoms with Gasteiger partial charge in [0.25, 0.3) is 0 Å². The van der Waals surface area contributed by atoms with E-state index in [2.05, 4.69) is 261 Å². The van der Waals surface area contributed by atoms with Crippen LogP contribution in [-0.4, -0.2) is 0 Å². The van der Waals surface area contributed by atoms with Crippen LogP contribution in [0.5, 0.6) is 0 Å². The third-order valence-electron chi connectivity index (χ3n) is 18.3. The molecule has 2 nitrogen and oxygen atoms in total. The molecule has 370 valence electrons. The molecule has 0 heterocycles. The Morgan fingerprint density at radius 2 is 0.688 bits per heavy atom. The smallest absolute Gasteiger partial charge is 0.0991 e. The van der Waals surface area contributed by atoms with Gasteiger partial charge >= 0.3 is 0 Å². The fraction of sp³-hybridized carbons (Fsp3) is 0.0513. The first-order valence-electron chi connectivity index (χ1n) is 27.7. The number of rotatable bonds is 5. The zero-order valence-corrected chi connectivity index (χ0v) is 43.6. The number of nitriles is 2. The van der Waals surface area contributed by atoms with E-state index < -0.39 is 10.8 Å². The average Bonchev–Trinajstić information content (AvgIpc) is 3.54. The van der Waals surface area contributed by atoms with Crippen LogP contribution < -0.4 is 0 Å². The van der Waals surface area contributed by atoms with Gasteiger partial charge in [0.05, 0.1) is 34.1 Å². The highest BCUT2D eigenvalue weighted by molar-refractivity contribution is 5.99. The molecule has 0 saturated heterocycles. The lowest BCUT2D eigenvalue weighted by Gasteiger charge is -2.43.